The maximum Gasteiger partial charge on any atom is 0.138 e. The highest BCUT2D eigenvalue weighted by atomic mass is 15.1. The van der Waals surface area contributed by atoms with E-state index in [0.29, 0.717) is 12.5 Å². The van der Waals surface area contributed by atoms with Gasteiger partial charge in [0.15, 0.2) is 0 Å². The molecule has 0 saturated heterocycles. The normalized spacial score (nSPS) is 14.7. The molecule has 1 aliphatic rings. The van der Waals surface area contributed by atoms with Gasteiger partial charge < -0.3 is 11.1 Å². The highest BCUT2D eigenvalue weighted by molar-refractivity contribution is 6.02. The summed E-state index contributed by atoms with van der Waals surface area (Å²) < 4.78 is 0. The van der Waals surface area contributed by atoms with Crippen LogP contribution in [0.2, 0.25) is 0 Å². The topological polar surface area (TPSA) is 63.3 Å². The SMILES string of the molecule is NC1=NCNc2ncccc21. The van der Waals surface area contributed by atoms with Crippen LogP contribution in [-0.2, 0) is 0 Å². The Labute approximate surface area is 64.2 Å². The molecule has 56 valence electrons. The monoisotopic (exact) mass is 148 g/mol. The van der Waals surface area contributed by atoms with Crippen molar-refractivity contribution in [3.05, 3.63) is 23.9 Å². The van der Waals surface area contributed by atoms with Crippen LogP contribution in [0.1, 0.15) is 5.56 Å². The number of rotatable bonds is 0. The van der Waals surface area contributed by atoms with E-state index in [1.807, 2.05) is 12.1 Å². The van der Waals surface area contributed by atoms with Crippen molar-refractivity contribution >= 4 is 11.7 Å². The Morgan fingerprint density at radius 2 is 2.45 bits per heavy atom. The van der Waals surface area contributed by atoms with Crippen LogP contribution in [0, 0.1) is 0 Å². The van der Waals surface area contributed by atoms with Gasteiger partial charge in [0, 0.05) is 6.20 Å². The standard InChI is InChI=1S/C7H8N4/c8-6-5-2-1-3-9-7(5)11-4-10-6/h1-3H,4H2,(H2,8,10)(H,9,11). The molecule has 11 heavy (non-hydrogen) atoms. The van der Waals surface area contributed by atoms with E-state index < -0.39 is 0 Å². The second-order valence-corrected chi connectivity index (χ2v) is 2.28. The summed E-state index contributed by atoms with van der Waals surface area (Å²) in [5.74, 6) is 1.38. The minimum atomic E-state index is 0.524. The predicted molar refractivity (Wildman–Crippen MR) is 43.5 cm³/mol. The summed E-state index contributed by atoms with van der Waals surface area (Å²) in [7, 11) is 0. The van der Waals surface area contributed by atoms with E-state index >= 15 is 0 Å². The van der Waals surface area contributed by atoms with Gasteiger partial charge in [-0.15, -0.1) is 0 Å². The molecule has 3 N–H and O–H groups in total. The van der Waals surface area contributed by atoms with E-state index in [4.69, 9.17) is 5.73 Å². The lowest BCUT2D eigenvalue weighted by Crippen LogP contribution is -2.22. The van der Waals surface area contributed by atoms with Gasteiger partial charge in [-0.05, 0) is 12.1 Å². The van der Waals surface area contributed by atoms with E-state index in [9.17, 15) is 0 Å². The molecule has 0 spiro atoms. The summed E-state index contributed by atoms with van der Waals surface area (Å²) in [6.45, 7) is 0.524. The number of aromatic nitrogens is 1. The molecule has 2 rings (SSSR count). The number of hydrogen-bond acceptors (Lipinski definition) is 4. The molecular formula is C7H8N4. The molecule has 4 heteroatoms. The molecular weight excluding hydrogens is 140 g/mol. The Balaban J connectivity index is 2.56. The fourth-order valence-corrected chi connectivity index (χ4v) is 1.04. The summed E-state index contributed by atoms with van der Waals surface area (Å²) in [5.41, 5.74) is 6.50. The van der Waals surface area contributed by atoms with Crippen molar-refractivity contribution in [1.82, 2.24) is 4.98 Å². The molecule has 1 aromatic heterocycles. The molecule has 0 saturated carbocycles. The molecule has 0 unspecified atom stereocenters. The summed E-state index contributed by atoms with van der Waals surface area (Å²) in [6, 6.07) is 3.74. The van der Waals surface area contributed by atoms with Gasteiger partial charge in [0.05, 0.1) is 5.56 Å². The van der Waals surface area contributed by atoms with Crippen molar-refractivity contribution in [3.8, 4) is 0 Å². The highest BCUT2D eigenvalue weighted by Crippen LogP contribution is 2.13. The Morgan fingerprint density at radius 1 is 1.55 bits per heavy atom. The molecule has 0 radical (unpaired) electrons. The van der Waals surface area contributed by atoms with Crippen LogP contribution in [0.25, 0.3) is 0 Å². The summed E-state index contributed by atoms with van der Waals surface area (Å²) in [6.07, 6.45) is 1.73. The van der Waals surface area contributed by atoms with Gasteiger partial charge in [0.1, 0.15) is 18.3 Å². The Hall–Kier alpha value is -1.58. The molecule has 0 amide bonds. The fraction of sp³-hybridized carbons (Fsp3) is 0.143. The Morgan fingerprint density at radius 3 is 3.27 bits per heavy atom. The third kappa shape index (κ3) is 0.920. The molecule has 0 bridgehead atoms. The second kappa shape index (κ2) is 2.23. The average molecular weight is 148 g/mol. The summed E-state index contributed by atoms with van der Waals surface area (Å²) in [5, 5.41) is 3.01. The van der Waals surface area contributed by atoms with Crippen LogP contribution >= 0.6 is 0 Å². The van der Waals surface area contributed by atoms with Crippen molar-refractivity contribution in [3.63, 3.8) is 0 Å². The first kappa shape index (κ1) is 6.15. The van der Waals surface area contributed by atoms with E-state index in [0.717, 1.165) is 11.4 Å². The van der Waals surface area contributed by atoms with E-state index in [-0.39, 0.29) is 0 Å². The van der Waals surface area contributed by atoms with Crippen LogP contribution in [-0.4, -0.2) is 17.5 Å². The molecule has 0 fully saturated rings. The zero-order chi connectivity index (χ0) is 7.68. The van der Waals surface area contributed by atoms with Gasteiger partial charge in [-0.3, -0.25) is 0 Å². The average Bonchev–Trinajstić information content (AvgIpc) is 2.06. The molecule has 1 aliphatic heterocycles. The van der Waals surface area contributed by atoms with Crippen molar-refractivity contribution in [2.75, 3.05) is 12.0 Å². The van der Waals surface area contributed by atoms with Crippen molar-refractivity contribution in [2.24, 2.45) is 10.7 Å². The molecule has 0 aliphatic carbocycles. The predicted octanol–water partition coefficient (Wildman–Crippen LogP) is 0.170. The number of amidine groups is 1. The van der Waals surface area contributed by atoms with Gasteiger partial charge >= 0.3 is 0 Å². The molecule has 2 heterocycles. The largest absolute Gasteiger partial charge is 0.383 e. The lowest BCUT2D eigenvalue weighted by Gasteiger charge is -2.13. The fourth-order valence-electron chi connectivity index (χ4n) is 1.04. The number of anilines is 1. The van der Waals surface area contributed by atoms with E-state index in [1.54, 1.807) is 6.20 Å². The van der Waals surface area contributed by atoms with Gasteiger partial charge in [0.2, 0.25) is 0 Å². The first-order valence-corrected chi connectivity index (χ1v) is 3.37. The number of fused-ring (bicyclic) bond motifs is 1. The van der Waals surface area contributed by atoms with Crippen LogP contribution in [0.4, 0.5) is 5.82 Å². The van der Waals surface area contributed by atoms with Crippen molar-refractivity contribution in [2.45, 2.75) is 0 Å². The van der Waals surface area contributed by atoms with E-state index in [1.165, 1.54) is 0 Å². The third-order valence-electron chi connectivity index (χ3n) is 1.58. The van der Waals surface area contributed by atoms with E-state index in [2.05, 4.69) is 15.3 Å². The quantitative estimate of drug-likeness (QED) is 0.551. The van der Waals surface area contributed by atoms with Crippen molar-refractivity contribution < 1.29 is 0 Å². The number of pyridine rings is 1. The molecule has 4 nitrogen and oxygen atoms in total. The first-order chi connectivity index (χ1) is 5.38. The second-order valence-electron chi connectivity index (χ2n) is 2.28. The summed E-state index contributed by atoms with van der Waals surface area (Å²) >= 11 is 0. The first-order valence-electron chi connectivity index (χ1n) is 3.37. The maximum atomic E-state index is 5.62. The minimum absolute atomic E-state index is 0.524. The molecule has 0 atom stereocenters. The number of nitrogens with one attached hydrogen (secondary N) is 1. The Kier molecular flexibility index (Phi) is 1.25. The Bertz CT molecular complexity index is 305. The van der Waals surface area contributed by atoms with Gasteiger partial charge in [-0.25, -0.2) is 9.98 Å². The minimum Gasteiger partial charge on any atom is -0.383 e. The van der Waals surface area contributed by atoms with Crippen LogP contribution in [0.15, 0.2) is 23.3 Å². The smallest absolute Gasteiger partial charge is 0.138 e. The number of hydrogen-bond donors (Lipinski definition) is 2. The number of aliphatic imine (C=N–C) groups is 1. The highest BCUT2D eigenvalue weighted by Gasteiger charge is 2.09. The van der Waals surface area contributed by atoms with Gasteiger partial charge in [-0.2, -0.15) is 0 Å². The third-order valence-corrected chi connectivity index (χ3v) is 1.58. The van der Waals surface area contributed by atoms with Crippen molar-refractivity contribution in [1.29, 1.82) is 0 Å². The molecule has 1 aromatic rings. The lowest BCUT2D eigenvalue weighted by molar-refractivity contribution is 1.07. The zero-order valence-electron chi connectivity index (χ0n) is 5.91. The van der Waals surface area contributed by atoms with Crippen LogP contribution < -0.4 is 11.1 Å². The number of nitrogens with two attached hydrogens (primary N) is 1. The van der Waals surface area contributed by atoms with Gasteiger partial charge in [0.25, 0.3) is 0 Å². The zero-order valence-corrected chi connectivity index (χ0v) is 5.91. The summed E-state index contributed by atoms with van der Waals surface area (Å²) in [4.78, 5) is 8.11. The lowest BCUT2D eigenvalue weighted by atomic mass is 10.2. The maximum absolute atomic E-state index is 5.62. The van der Waals surface area contributed by atoms with Crippen LogP contribution in [0.3, 0.4) is 0 Å². The number of nitrogens with zero attached hydrogens (tertiary/aromatic N) is 2. The van der Waals surface area contributed by atoms with Crippen LogP contribution in [0.5, 0.6) is 0 Å². The molecule has 0 aromatic carbocycles. The van der Waals surface area contributed by atoms with Gasteiger partial charge in [-0.1, -0.05) is 0 Å².